The van der Waals surface area contributed by atoms with Gasteiger partial charge in [-0.05, 0) is 30.5 Å². The molecule has 2 aromatic heterocycles. The van der Waals surface area contributed by atoms with E-state index in [9.17, 15) is 14.4 Å². The van der Waals surface area contributed by atoms with Crippen LogP contribution in [-0.4, -0.2) is 27.5 Å². The lowest BCUT2D eigenvalue weighted by Gasteiger charge is -2.14. The molecule has 0 amide bonds. The summed E-state index contributed by atoms with van der Waals surface area (Å²) in [6.07, 6.45) is 10.8. The third kappa shape index (κ3) is 5.52. The number of benzene rings is 1. The molecule has 0 unspecified atom stereocenters. The van der Waals surface area contributed by atoms with Crippen molar-refractivity contribution in [2.75, 3.05) is 17.2 Å². The second-order valence-corrected chi connectivity index (χ2v) is 8.18. The molecule has 2 aromatic carbocycles. The van der Waals surface area contributed by atoms with Crippen molar-refractivity contribution in [1.29, 1.82) is 0 Å². The van der Waals surface area contributed by atoms with E-state index >= 15 is 0 Å². The van der Waals surface area contributed by atoms with Gasteiger partial charge < -0.3 is 10.6 Å². The molecule has 0 saturated carbocycles. The van der Waals surface area contributed by atoms with Crippen molar-refractivity contribution in [3.05, 3.63) is 74.9 Å². The van der Waals surface area contributed by atoms with E-state index in [-0.39, 0.29) is 5.78 Å². The lowest BCUT2D eigenvalue weighted by atomic mass is 10.0. The van der Waals surface area contributed by atoms with Crippen molar-refractivity contribution in [3.8, 4) is 0 Å². The molecular formula is C25H27N5O3. The summed E-state index contributed by atoms with van der Waals surface area (Å²) < 4.78 is 0. The molecule has 0 fully saturated rings. The molecule has 0 bridgehead atoms. The molecular weight excluding hydrogens is 418 g/mol. The number of ketones is 1. The number of anilines is 3. The van der Waals surface area contributed by atoms with E-state index in [1.807, 2.05) is 18.2 Å². The summed E-state index contributed by atoms with van der Waals surface area (Å²) in [5, 5.41) is 14.1. The lowest BCUT2D eigenvalue weighted by molar-refractivity contribution is -0.118. The minimum atomic E-state index is -0.497. The predicted molar refractivity (Wildman–Crippen MR) is 130 cm³/mol. The van der Waals surface area contributed by atoms with Crippen molar-refractivity contribution >= 4 is 33.7 Å². The van der Waals surface area contributed by atoms with Gasteiger partial charge in [0.25, 0.3) is 10.9 Å². The lowest BCUT2D eigenvalue weighted by Crippen LogP contribution is -2.36. The topological polar surface area (TPSA) is 117 Å². The second kappa shape index (κ2) is 10.7. The van der Waals surface area contributed by atoms with Gasteiger partial charge in [0.1, 0.15) is 17.2 Å². The van der Waals surface area contributed by atoms with Gasteiger partial charge in [0.15, 0.2) is 0 Å². The smallest absolute Gasteiger partial charge is 0.253 e. The minimum Gasteiger partial charge on any atom is -0.380 e. The molecule has 0 spiro atoms. The van der Waals surface area contributed by atoms with Crippen molar-refractivity contribution in [1.82, 2.24) is 15.2 Å². The van der Waals surface area contributed by atoms with Crippen LogP contribution >= 0.6 is 0 Å². The van der Waals surface area contributed by atoms with Gasteiger partial charge in [0, 0.05) is 42.9 Å². The maximum absolute atomic E-state index is 12.3. The number of Topliss-reactive ketones (excluding diaryl/α,β-unsaturated/α-hetero) is 1. The Hall–Kier alpha value is -3.81. The number of aromatic nitrogens is 3. The number of carbonyl (C=O) groups excluding carboxylic acids is 1. The van der Waals surface area contributed by atoms with E-state index in [4.69, 9.17) is 0 Å². The van der Waals surface area contributed by atoms with E-state index in [0.29, 0.717) is 30.8 Å². The standard InChI is InChI=1S/C25H27N5O3/c31-20(15-17-7-6-8-18-16-28-30-21(17)18)9-4-2-1-3-5-12-27-22-23(25(33)24(22)32)29-19-10-13-26-14-11-19/h6-8,10-11,13-14,16,27H,1-5,9,12,15H2,(H,26,29)(H,28,30). The largest absolute Gasteiger partial charge is 0.380 e. The van der Waals surface area contributed by atoms with Gasteiger partial charge in [0.2, 0.25) is 0 Å². The van der Waals surface area contributed by atoms with Crippen LogP contribution in [0.3, 0.4) is 0 Å². The van der Waals surface area contributed by atoms with E-state index in [1.165, 1.54) is 0 Å². The Morgan fingerprint density at radius 1 is 0.909 bits per heavy atom. The molecule has 0 radical (unpaired) electrons. The van der Waals surface area contributed by atoms with Gasteiger partial charge in [-0.15, -0.1) is 0 Å². The van der Waals surface area contributed by atoms with Crippen LogP contribution in [0.25, 0.3) is 10.9 Å². The van der Waals surface area contributed by atoms with Crippen LogP contribution in [0.1, 0.15) is 44.1 Å². The Bertz CT molecular complexity index is 1290. The zero-order valence-corrected chi connectivity index (χ0v) is 18.4. The first-order valence-corrected chi connectivity index (χ1v) is 11.3. The third-order valence-corrected chi connectivity index (χ3v) is 5.74. The van der Waals surface area contributed by atoms with E-state index in [1.54, 1.807) is 30.7 Å². The van der Waals surface area contributed by atoms with Gasteiger partial charge in [-0.2, -0.15) is 5.10 Å². The van der Waals surface area contributed by atoms with E-state index < -0.39 is 10.9 Å². The third-order valence-electron chi connectivity index (χ3n) is 5.74. The van der Waals surface area contributed by atoms with Gasteiger partial charge in [-0.25, -0.2) is 0 Å². The highest BCUT2D eigenvalue weighted by molar-refractivity contribution is 5.88. The summed E-state index contributed by atoms with van der Waals surface area (Å²) in [5.74, 6) is 0.244. The number of hydrogen-bond acceptors (Lipinski definition) is 7. The van der Waals surface area contributed by atoms with Crippen molar-refractivity contribution in [3.63, 3.8) is 0 Å². The molecule has 4 rings (SSSR count). The fourth-order valence-electron chi connectivity index (χ4n) is 3.93. The number of carbonyl (C=O) groups is 1. The average Bonchev–Trinajstić information content (AvgIpc) is 3.32. The molecule has 3 N–H and O–H groups in total. The fourth-order valence-corrected chi connectivity index (χ4v) is 3.93. The molecule has 170 valence electrons. The summed E-state index contributed by atoms with van der Waals surface area (Å²) in [4.78, 5) is 40.0. The maximum atomic E-state index is 12.3. The maximum Gasteiger partial charge on any atom is 0.253 e. The van der Waals surface area contributed by atoms with Crippen molar-refractivity contribution in [2.45, 2.75) is 44.9 Å². The molecule has 0 aliphatic heterocycles. The van der Waals surface area contributed by atoms with Gasteiger partial charge >= 0.3 is 0 Å². The molecule has 2 heterocycles. The summed E-state index contributed by atoms with van der Waals surface area (Å²) in [7, 11) is 0. The number of para-hydroxylation sites is 1. The van der Waals surface area contributed by atoms with Crippen LogP contribution in [0.15, 0.2) is 58.5 Å². The number of rotatable bonds is 13. The van der Waals surface area contributed by atoms with Gasteiger partial charge in [-0.3, -0.25) is 24.5 Å². The number of hydrogen-bond donors (Lipinski definition) is 3. The highest BCUT2D eigenvalue weighted by atomic mass is 16.2. The zero-order valence-electron chi connectivity index (χ0n) is 18.4. The minimum absolute atomic E-state index is 0.244. The first kappa shape index (κ1) is 22.4. The molecule has 8 heteroatoms. The first-order valence-electron chi connectivity index (χ1n) is 11.3. The summed E-state index contributed by atoms with van der Waals surface area (Å²) in [6, 6.07) is 9.39. The highest BCUT2D eigenvalue weighted by Gasteiger charge is 2.20. The van der Waals surface area contributed by atoms with Crippen LogP contribution in [0.4, 0.5) is 17.1 Å². The summed E-state index contributed by atoms with van der Waals surface area (Å²) in [5.41, 5.74) is 2.36. The zero-order chi connectivity index (χ0) is 23.0. The predicted octanol–water partition coefficient (Wildman–Crippen LogP) is 3.86. The molecule has 0 aliphatic carbocycles. The van der Waals surface area contributed by atoms with E-state index in [0.717, 1.165) is 54.3 Å². The molecule has 33 heavy (non-hydrogen) atoms. The molecule has 8 nitrogen and oxygen atoms in total. The van der Waals surface area contributed by atoms with Crippen LogP contribution < -0.4 is 21.5 Å². The Morgan fingerprint density at radius 3 is 2.52 bits per heavy atom. The molecule has 4 aromatic rings. The van der Waals surface area contributed by atoms with E-state index in [2.05, 4.69) is 25.8 Å². The monoisotopic (exact) mass is 445 g/mol. The van der Waals surface area contributed by atoms with Crippen LogP contribution in [0, 0.1) is 0 Å². The quantitative estimate of drug-likeness (QED) is 0.211. The Balaban J connectivity index is 1.11. The number of H-pyrrole nitrogens is 1. The van der Waals surface area contributed by atoms with Crippen molar-refractivity contribution < 1.29 is 4.79 Å². The van der Waals surface area contributed by atoms with Gasteiger partial charge in [-0.1, -0.05) is 37.5 Å². The number of unbranched alkanes of at least 4 members (excludes halogenated alkanes) is 4. The average molecular weight is 446 g/mol. The van der Waals surface area contributed by atoms with Crippen LogP contribution in [0.5, 0.6) is 0 Å². The Labute approximate surface area is 191 Å². The molecule has 0 saturated heterocycles. The van der Waals surface area contributed by atoms with Crippen LogP contribution in [0.2, 0.25) is 0 Å². The number of fused-ring (bicyclic) bond motifs is 1. The Kier molecular flexibility index (Phi) is 7.24. The number of nitrogens with one attached hydrogen (secondary N) is 3. The summed E-state index contributed by atoms with van der Waals surface area (Å²) in [6.45, 7) is 0.628. The summed E-state index contributed by atoms with van der Waals surface area (Å²) >= 11 is 0. The Morgan fingerprint density at radius 2 is 1.67 bits per heavy atom. The fraction of sp³-hybridized carbons (Fsp3) is 0.320. The number of pyridine rings is 1. The van der Waals surface area contributed by atoms with Crippen molar-refractivity contribution in [2.24, 2.45) is 0 Å². The normalized spacial score (nSPS) is 11.2. The second-order valence-electron chi connectivity index (χ2n) is 8.18. The molecule has 0 atom stereocenters. The highest BCUT2D eigenvalue weighted by Crippen LogP contribution is 2.20. The van der Waals surface area contributed by atoms with Gasteiger partial charge in [0.05, 0.1) is 11.7 Å². The SMILES string of the molecule is O=C(CCCCCCCNc1c(Nc2ccncc2)c(=O)c1=O)Cc1cccc2cn[nH]c12. The molecule has 0 aliphatic rings. The number of nitrogens with zero attached hydrogens (tertiary/aromatic N) is 2. The number of aromatic amines is 1. The first-order chi connectivity index (χ1) is 16.1. The van der Waals surface area contributed by atoms with Crippen LogP contribution in [-0.2, 0) is 11.2 Å².